The highest BCUT2D eigenvalue weighted by atomic mass is 79.9. The summed E-state index contributed by atoms with van der Waals surface area (Å²) in [4.78, 5) is 0. The molecule has 1 N–H and O–H groups in total. The van der Waals surface area contributed by atoms with E-state index >= 15 is 0 Å². The van der Waals surface area contributed by atoms with Crippen LogP contribution in [-0.4, -0.2) is 13.2 Å². The largest absolute Gasteiger partial charge is 0.492 e. The van der Waals surface area contributed by atoms with Gasteiger partial charge < -0.3 is 10.1 Å². The molecular formula is C17H19Br2ClFNO. The van der Waals surface area contributed by atoms with Gasteiger partial charge in [-0.3, -0.25) is 0 Å². The van der Waals surface area contributed by atoms with E-state index in [1.807, 2.05) is 25.1 Å². The van der Waals surface area contributed by atoms with Crippen molar-refractivity contribution in [1.29, 1.82) is 0 Å². The third kappa shape index (κ3) is 6.42. The molecule has 126 valence electrons. The van der Waals surface area contributed by atoms with Gasteiger partial charge >= 0.3 is 0 Å². The number of hydrogen-bond acceptors (Lipinski definition) is 2. The third-order valence-electron chi connectivity index (χ3n) is 3.19. The molecular weight excluding hydrogens is 448 g/mol. The van der Waals surface area contributed by atoms with E-state index in [0.29, 0.717) is 13.2 Å². The van der Waals surface area contributed by atoms with Crippen molar-refractivity contribution >= 4 is 44.3 Å². The molecule has 2 aromatic rings. The van der Waals surface area contributed by atoms with Crippen LogP contribution in [0.1, 0.15) is 18.1 Å². The molecule has 0 aromatic heterocycles. The van der Waals surface area contributed by atoms with Crippen molar-refractivity contribution in [2.75, 3.05) is 13.2 Å². The summed E-state index contributed by atoms with van der Waals surface area (Å²) in [6.07, 6.45) is 0.861. The molecule has 0 aliphatic rings. The van der Waals surface area contributed by atoms with Crippen LogP contribution in [-0.2, 0) is 13.0 Å². The first kappa shape index (κ1) is 20.4. The van der Waals surface area contributed by atoms with E-state index in [1.165, 1.54) is 12.1 Å². The van der Waals surface area contributed by atoms with Crippen molar-refractivity contribution in [1.82, 2.24) is 5.32 Å². The Hall–Kier alpha value is -0.620. The van der Waals surface area contributed by atoms with Gasteiger partial charge in [-0.1, -0.05) is 28.1 Å². The standard InChI is InChI=1S/C17H18Br2FNO.ClH/c1-2-22-17-13(9-14(18)10-16(17)19)11-21-8-7-12-3-5-15(20)6-4-12;/h3-6,9-10,21H,2,7-8,11H2,1H3;1H. The maximum Gasteiger partial charge on any atom is 0.138 e. The van der Waals surface area contributed by atoms with Gasteiger partial charge in [0.15, 0.2) is 0 Å². The molecule has 0 heterocycles. The number of ether oxygens (including phenoxy) is 1. The second-order valence-electron chi connectivity index (χ2n) is 4.86. The van der Waals surface area contributed by atoms with Gasteiger partial charge in [-0.25, -0.2) is 4.39 Å². The Kier molecular flexibility index (Phi) is 9.14. The highest BCUT2D eigenvalue weighted by Gasteiger charge is 2.09. The number of rotatable bonds is 7. The maximum absolute atomic E-state index is 12.9. The minimum Gasteiger partial charge on any atom is -0.492 e. The van der Waals surface area contributed by atoms with Gasteiger partial charge in [0, 0.05) is 16.6 Å². The van der Waals surface area contributed by atoms with Crippen molar-refractivity contribution < 1.29 is 9.13 Å². The molecule has 0 fully saturated rings. The Labute approximate surface area is 159 Å². The molecule has 23 heavy (non-hydrogen) atoms. The number of benzene rings is 2. The van der Waals surface area contributed by atoms with Crippen LogP contribution in [0.15, 0.2) is 45.3 Å². The van der Waals surface area contributed by atoms with Gasteiger partial charge in [0.2, 0.25) is 0 Å². The van der Waals surface area contributed by atoms with Crippen molar-refractivity contribution in [3.63, 3.8) is 0 Å². The summed E-state index contributed by atoms with van der Waals surface area (Å²) in [5.74, 6) is 0.678. The van der Waals surface area contributed by atoms with Crippen molar-refractivity contribution in [2.45, 2.75) is 19.9 Å². The second-order valence-corrected chi connectivity index (χ2v) is 6.63. The van der Waals surface area contributed by atoms with Crippen LogP contribution in [0.3, 0.4) is 0 Å². The smallest absolute Gasteiger partial charge is 0.138 e. The van der Waals surface area contributed by atoms with Gasteiger partial charge in [0.25, 0.3) is 0 Å². The van der Waals surface area contributed by atoms with Crippen molar-refractivity contribution in [2.24, 2.45) is 0 Å². The van der Waals surface area contributed by atoms with Crippen LogP contribution in [0.2, 0.25) is 0 Å². The zero-order valence-corrected chi connectivity index (χ0v) is 16.7. The molecule has 2 nitrogen and oxygen atoms in total. The lowest BCUT2D eigenvalue weighted by atomic mass is 10.1. The Morgan fingerprint density at radius 3 is 2.48 bits per heavy atom. The Morgan fingerprint density at radius 1 is 1.13 bits per heavy atom. The second kappa shape index (κ2) is 10.3. The molecule has 0 spiro atoms. The average molecular weight is 468 g/mol. The molecule has 2 aromatic carbocycles. The maximum atomic E-state index is 12.9. The van der Waals surface area contributed by atoms with Gasteiger partial charge in [0.05, 0.1) is 11.1 Å². The molecule has 0 unspecified atom stereocenters. The number of hydrogen-bond donors (Lipinski definition) is 1. The molecule has 0 saturated heterocycles. The van der Waals surface area contributed by atoms with Crippen LogP contribution >= 0.6 is 44.3 Å². The topological polar surface area (TPSA) is 21.3 Å². The lowest BCUT2D eigenvalue weighted by molar-refractivity contribution is 0.333. The number of nitrogens with one attached hydrogen (secondary N) is 1. The minimum atomic E-state index is -0.197. The fourth-order valence-electron chi connectivity index (χ4n) is 2.16. The van der Waals surface area contributed by atoms with Gasteiger partial charge in [-0.2, -0.15) is 0 Å². The summed E-state index contributed by atoms with van der Waals surface area (Å²) in [6.45, 7) is 4.14. The van der Waals surface area contributed by atoms with Gasteiger partial charge in [0.1, 0.15) is 11.6 Å². The van der Waals surface area contributed by atoms with Crippen LogP contribution in [0, 0.1) is 5.82 Å². The van der Waals surface area contributed by atoms with E-state index < -0.39 is 0 Å². The molecule has 0 atom stereocenters. The molecule has 0 radical (unpaired) electrons. The zero-order valence-electron chi connectivity index (χ0n) is 12.7. The van der Waals surface area contributed by atoms with E-state index in [4.69, 9.17) is 4.74 Å². The van der Waals surface area contributed by atoms with Crippen LogP contribution in [0.5, 0.6) is 5.75 Å². The van der Waals surface area contributed by atoms with E-state index in [0.717, 1.165) is 38.8 Å². The van der Waals surface area contributed by atoms with E-state index in [1.54, 1.807) is 0 Å². The van der Waals surface area contributed by atoms with Crippen molar-refractivity contribution in [3.05, 3.63) is 62.3 Å². The van der Waals surface area contributed by atoms with E-state index in [-0.39, 0.29) is 18.2 Å². The lowest BCUT2D eigenvalue weighted by Gasteiger charge is -2.14. The summed E-state index contributed by atoms with van der Waals surface area (Å²) in [5.41, 5.74) is 2.22. The summed E-state index contributed by atoms with van der Waals surface area (Å²) in [6, 6.07) is 10.7. The molecule has 0 aliphatic heterocycles. The molecule has 0 bridgehead atoms. The average Bonchev–Trinajstić information content (AvgIpc) is 2.48. The highest BCUT2D eigenvalue weighted by Crippen LogP contribution is 2.32. The van der Waals surface area contributed by atoms with Crippen LogP contribution in [0.4, 0.5) is 4.39 Å². The fourth-order valence-corrected chi connectivity index (χ4v) is 3.59. The first-order valence-electron chi connectivity index (χ1n) is 7.16. The first-order chi connectivity index (χ1) is 10.6. The number of halogens is 4. The summed E-state index contributed by atoms with van der Waals surface area (Å²) in [7, 11) is 0. The summed E-state index contributed by atoms with van der Waals surface area (Å²) in [5, 5.41) is 3.40. The van der Waals surface area contributed by atoms with Crippen molar-refractivity contribution in [3.8, 4) is 5.75 Å². The molecule has 2 rings (SSSR count). The van der Waals surface area contributed by atoms with E-state index in [2.05, 4.69) is 43.2 Å². The Balaban J connectivity index is 0.00000264. The molecule has 0 saturated carbocycles. The van der Waals surface area contributed by atoms with Gasteiger partial charge in [-0.15, -0.1) is 12.4 Å². The van der Waals surface area contributed by atoms with Crippen LogP contribution in [0.25, 0.3) is 0 Å². The van der Waals surface area contributed by atoms with Gasteiger partial charge in [-0.05, 0) is 65.6 Å². The quantitative estimate of drug-likeness (QED) is 0.543. The predicted molar refractivity (Wildman–Crippen MR) is 102 cm³/mol. The van der Waals surface area contributed by atoms with Crippen LogP contribution < -0.4 is 10.1 Å². The zero-order chi connectivity index (χ0) is 15.9. The SMILES string of the molecule is CCOc1c(Br)cc(Br)cc1CNCCc1ccc(F)cc1.Cl. The highest BCUT2D eigenvalue weighted by molar-refractivity contribution is 9.11. The third-order valence-corrected chi connectivity index (χ3v) is 4.24. The normalized spacial score (nSPS) is 10.3. The first-order valence-corrected chi connectivity index (χ1v) is 8.74. The predicted octanol–water partition coefficient (Wildman–Crippen LogP) is 5.50. The molecule has 0 amide bonds. The summed E-state index contributed by atoms with van der Waals surface area (Å²) < 4.78 is 20.5. The monoisotopic (exact) mass is 465 g/mol. The minimum absolute atomic E-state index is 0. The lowest BCUT2D eigenvalue weighted by Crippen LogP contribution is -2.17. The molecule has 0 aliphatic carbocycles. The fraction of sp³-hybridized carbons (Fsp3) is 0.294. The van der Waals surface area contributed by atoms with E-state index in [9.17, 15) is 4.39 Å². The molecule has 6 heteroatoms. The summed E-state index contributed by atoms with van der Waals surface area (Å²) >= 11 is 7.03. The Morgan fingerprint density at radius 2 is 1.83 bits per heavy atom. The Bertz CT molecular complexity index is 623.